The van der Waals surface area contributed by atoms with E-state index >= 15 is 0 Å². The Labute approximate surface area is 173 Å². The van der Waals surface area contributed by atoms with E-state index in [-0.39, 0.29) is 23.7 Å². The van der Waals surface area contributed by atoms with Gasteiger partial charge >= 0.3 is 0 Å². The Morgan fingerprint density at radius 2 is 1.79 bits per heavy atom. The number of hydrogen-bond donors (Lipinski definition) is 0. The predicted molar refractivity (Wildman–Crippen MR) is 115 cm³/mol. The molecule has 0 saturated carbocycles. The van der Waals surface area contributed by atoms with Gasteiger partial charge in [0.2, 0.25) is 5.91 Å². The molecular formula is C24H31FN2O2. The number of anilines is 1. The van der Waals surface area contributed by atoms with Crippen LogP contribution in [0.25, 0.3) is 0 Å². The van der Waals surface area contributed by atoms with Crippen LogP contribution in [0.3, 0.4) is 0 Å². The zero-order valence-electron chi connectivity index (χ0n) is 17.6. The fourth-order valence-electron chi connectivity index (χ4n) is 4.02. The number of hydrogen-bond acceptors (Lipinski definition) is 3. The zero-order chi connectivity index (χ0) is 20.8. The summed E-state index contributed by atoms with van der Waals surface area (Å²) in [5.74, 6) is 1.04. The summed E-state index contributed by atoms with van der Waals surface area (Å²) in [6.45, 7) is 6.77. The second-order valence-corrected chi connectivity index (χ2v) is 8.16. The molecule has 4 nitrogen and oxygen atoms in total. The number of piperidine rings is 1. The topological polar surface area (TPSA) is 32.8 Å². The van der Waals surface area contributed by atoms with Crippen molar-refractivity contribution >= 4 is 11.6 Å². The molecule has 29 heavy (non-hydrogen) atoms. The van der Waals surface area contributed by atoms with Gasteiger partial charge in [-0.3, -0.25) is 9.69 Å². The van der Waals surface area contributed by atoms with Crippen molar-refractivity contribution < 1.29 is 13.9 Å². The molecule has 0 unspecified atom stereocenters. The van der Waals surface area contributed by atoms with Crippen LogP contribution in [0.5, 0.6) is 5.75 Å². The maximum atomic E-state index is 13.4. The number of likely N-dealkylation sites (tertiary alicyclic amines) is 1. The lowest BCUT2D eigenvalue weighted by Crippen LogP contribution is -2.47. The van der Waals surface area contributed by atoms with Gasteiger partial charge in [-0.05, 0) is 49.1 Å². The van der Waals surface area contributed by atoms with Gasteiger partial charge in [0.05, 0.1) is 7.11 Å². The Kier molecular flexibility index (Phi) is 7.26. The Hall–Kier alpha value is -2.40. The number of nitrogens with zero attached hydrogens (tertiary/aromatic N) is 2. The summed E-state index contributed by atoms with van der Waals surface area (Å²) in [5.41, 5.74) is 1.97. The Morgan fingerprint density at radius 3 is 2.41 bits per heavy atom. The summed E-state index contributed by atoms with van der Waals surface area (Å²) in [6.07, 6.45) is 2.30. The van der Waals surface area contributed by atoms with E-state index in [1.165, 1.54) is 17.7 Å². The third-order valence-corrected chi connectivity index (χ3v) is 5.47. The fraction of sp³-hybridized carbons (Fsp3) is 0.458. The zero-order valence-corrected chi connectivity index (χ0v) is 17.6. The molecule has 2 aromatic carbocycles. The molecule has 0 N–H and O–H groups in total. The van der Waals surface area contributed by atoms with E-state index in [4.69, 9.17) is 4.74 Å². The van der Waals surface area contributed by atoms with E-state index in [0.29, 0.717) is 6.42 Å². The van der Waals surface area contributed by atoms with Gasteiger partial charge in [0.1, 0.15) is 11.6 Å². The average Bonchev–Trinajstić information content (AvgIpc) is 2.71. The van der Waals surface area contributed by atoms with Gasteiger partial charge in [-0.2, -0.15) is 0 Å². The molecule has 0 bridgehead atoms. The second-order valence-electron chi connectivity index (χ2n) is 8.16. The number of methoxy groups -OCH3 is 1. The number of halogens is 1. The van der Waals surface area contributed by atoms with Crippen LogP contribution in [0.4, 0.5) is 10.1 Å². The van der Waals surface area contributed by atoms with Crippen LogP contribution < -0.4 is 9.64 Å². The summed E-state index contributed by atoms with van der Waals surface area (Å²) in [4.78, 5) is 17.3. The minimum atomic E-state index is -0.281. The van der Waals surface area contributed by atoms with Crippen LogP contribution >= 0.6 is 0 Å². The minimum absolute atomic E-state index is 0.120. The first kappa shape index (κ1) is 21.3. The summed E-state index contributed by atoms with van der Waals surface area (Å²) >= 11 is 0. The number of para-hydroxylation sites is 1. The first-order valence-electron chi connectivity index (χ1n) is 10.4. The molecule has 1 heterocycles. The standard InChI is InChI=1S/C24H31FN2O2/c1-18(2)16-24(28)27(21-10-8-20(25)9-11-21)22-12-14-26(15-13-22)17-19-6-4-5-7-23(19)29-3/h4-11,18,22H,12-17H2,1-3H3. The Bertz CT molecular complexity index is 799. The molecule has 0 radical (unpaired) electrons. The molecule has 5 heteroatoms. The van der Waals surface area contributed by atoms with Gasteiger partial charge in [0.15, 0.2) is 0 Å². The molecule has 1 aliphatic rings. The van der Waals surface area contributed by atoms with Gasteiger partial charge in [-0.25, -0.2) is 4.39 Å². The highest BCUT2D eigenvalue weighted by Crippen LogP contribution is 2.27. The van der Waals surface area contributed by atoms with Gasteiger partial charge in [-0.15, -0.1) is 0 Å². The third kappa shape index (κ3) is 5.57. The summed E-state index contributed by atoms with van der Waals surface area (Å²) in [6, 6.07) is 14.5. The lowest BCUT2D eigenvalue weighted by Gasteiger charge is -2.39. The highest BCUT2D eigenvalue weighted by Gasteiger charge is 2.29. The Balaban J connectivity index is 1.69. The molecule has 2 aromatic rings. The number of rotatable bonds is 7. The van der Waals surface area contributed by atoms with Crippen LogP contribution in [0, 0.1) is 11.7 Å². The number of benzene rings is 2. The van der Waals surface area contributed by atoms with Crippen molar-refractivity contribution in [2.75, 3.05) is 25.1 Å². The van der Waals surface area contributed by atoms with E-state index in [0.717, 1.165) is 43.9 Å². The Morgan fingerprint density at radius 1 is 1.14 bits per heavy atom. The normalized spacial score (nSPS) is 15.5. The van der Waals surface area contributed by atoms with E-state index < -0.39 is 0 Å². The average molecular weight is 399 g/mol. The van der Waals surface area contributed by atoms with Gasteiger partial charge in [0, 0.05) is 43.3 Å². The molecule has 0 aromatic heterocycles. The first-order valence-corrected chi connectivity index (χ1v) is 10.4. The van der Waals surface area contributed by atoms with Crippen molar-refractivity contribution in [3.63, 3.8) is 0 Å². The summed E-state index contributed by atoms with van der Waals surface area (Å²) in [5, 5.41) is 0. The predicted octanol–water partition coefficient (Wildman–Crippen LogP) is 4.88. The van der Waals surface area contributed by atoms with E-state index in [1.54, 1.807) is 19.2 Å². The SMILES string of the molecule is COc1ccccc1CN1CCC(N(C(=O)CC(C)C)c2ccc(F)cc2)CC1. The molecule has 1 aliphatic heterocycles. The third-order valence-electron chi connectivity index (χ3n) is 5.47. The molecule has 156 valence electrons. The van der Waals surface area contributed by atoms with Gasteiger partial charge in [-0.1, -0.05) is 32.0 Å². The highest BCUT2D eigenvalue weighted by molar-refractivity contribution is 5.94. The minimum Gasteiger partial charge on any atom is -0.496 e. The molecular weight excluding hydrogens is 367 g/mol. The van der Waals surface area contributed by atoms with Crippen LogP contribution in [-0.2, 0) is 11.3 Å². The molecule has 1 fully saturated rings. The number of ether oxygens (including phenoxy) is 1. The maximum Gasteiger partial charge on any atom is 0.227 e. The van der Waals surface area contributed by atoms with Crippen LogP contribution in [0.1, 0.15) is 38.7 Å². The van der Waals surface area contributed by atoms with Crippen molar-refractivity contribution in [2.24, 2.45) is 5.92 Å². The molecule has 3 rings (SSSR count). The van der Waals surface area contributed by atoms with Crippen molar-refractivity contribution in [2.45, 2.75) is 45.7 Å². The monoisotopic (exact) mass is 398 g/mol. The van der Waals surface area contributed by atoms with Crippen LogP contribution in [0.15, 0.2) is 48.5 Å². The van der Waals surface area contributed by atoms with Gasteiger partial charge < -0.3 is 9.64 Å². The summed E-state index contributed by atoms with van der Waals surface area (Å²) in [7, 11) is 1.70. The molecule has 1 saturated heterocycles. The fourth-order valence-corrected chi connectivity index (χ4v) is 4.02. The number of carbonyl (C=O) groups excluding carboxylic acids is 1. The lowest BCUT2D eigenvalue weighted by atomic mass is 9.99. The van der Waals surface area contributed by atoms with E-state index in [2.05, 4.69) is 24.8 Å². The van der Waals surface area contributed by atoms with Crippen molar-refractivity contribution in [3.05, 3.63) is 59.9 Å². The lowest BCUT2D eigenvalue weighted by molar-refractivity contribution is -0.120. The quantitative estimate of drug-likeness (QED) is 0.667. The maximum absolute atomic E-state index is 13.4. The van der Waals surface area contributed by atoms with E-state index in [1.807, 2.05) is 23.1 Å². The molecule has 1 amide bonds. The van der Waals surface area contributed by atoms with Crippen LogP contribution in [-0.4, -0.2) is 37.0 Å². The van der Waals surface area contributed by atoms with E-state index in [9.17, 15) is 9.18 Å². The first-order chi connectivity index (χ1) is 14.0. The van der Waals surface area contributed by atoms with Crippen molar-refractivity contribution in [1.82, 2.24) is 4.90 Å². The molecule has 0 atom stereocenters. The van der Waals surface area contributed by atoms with Crippen LogP contribution in [0.2, 0.25) is 0 Å². The van der Waals surface area contributed by atoms with Gasteiger partial charge in [0.25, 0.3) is 0 Å². The number of amides is 1. The second kappa shape index (κ2) is 9.88. The smallest absolute Gasteiger partial charge is 0.227 e. The summed E-state index contributed by atoms with van der Waals surface area (Å²) < 4.78 is 18.9. The molecule has 0 spiro atoms. The van der Waals surface area contributed by atoms with Crippen molar-refractivity contribution in [3.8, 4) is 5.75 Å². The largest absolute Gasteiger partial charge is 0.496 e. The van der Waals surface area contributed by atoms with Crippen molar-refractivity contribution in [1.29, 1.82) is 0 Å². The highest BCUT2D eigenvalue weighted by atomic mass is 19.1. The number of carbonyl (C=O) groups is 1. The molecule has 0 aliphatic carbocycles.